The molecule has 0 saturated carbocycles. The van der Waals surface area contributed by atoms with Crippen molar-refractivity contribution >= 4 is 24.2 Å². The summed E-state index contributed by atoms with van der Waals surface area (Å²) in [6.45, 7) is 7.95. The van der Waals surface area contributed by atoms with Gasteiger partial charge in [-0.15, -0.1) is 0 Å². The van der Waals surface area contributed by atoms with Crippen molar-refractivity contribution in [3.05, 3.63) is 23.8 Å². The van der Waals surface area contributed by atoms with Crippen LogP contribution in [0, 0.1) is 5.92 Å². The summed E-state index contributed by atoms with van der Waals surface area (Å²) in [4.78, 5) is 48.5. The SMILES string of the molecule is CCCCCOC(=O)Oc1ccc(C(C(C)COC(=O)CCCC)[C@H](N)C(=O)O)cc1OC(=O)OCCCCC. The number of carbonyl (C=O) groups excluding carboxylic acids is 3. The van der Waals surface area contributed by atoms with Gasteiger partial charge in [0.1, 0.15) is 6.04 Å². The van der Waals surface area contributed by atoms with Crippen LogP contribution in [0.1, 0.15) is 97.0 Å². The number of unbranched alkanes of at least 4 members (excludes halogenated alkanes) is 5. The molecule has 1 aromatic rings. The summed E-state index contributed by atoms with van der Waals surface area (Å²) in [5.41, 5.74) is 6.43. The van der Waals surface area contributed by atoms with E-state index < -0.39 is 36.2 Å². The molecule has 0 fully saturated rings. The van der Waals surface area contributed by atoms with Crippen molar-refractivity contribution in [1.29, 1.82) is 0 Å². The van der Waals surface area contributed by atoms with Gasteiger partial charge >= 0.3 is 24.2 Å². The summed E-state index contributed by atoms with van der Waals surface area (Å²) in [5, 5.41) is 9.68. The zero-order chi connectivity index (χ0) is 29.9. The summed E-state index contributed by atoms with van der Waals surface area (Å²) in [7, 11) is 0. The predicted molar refractivity (Wildman–Crippen MR) is 147 cm³/mol. The van der Waals surface area contributed by atoms with E-state index in [9.17, 15) is 24.3 Å². The van der Waals surface area contributed by atoms with Gasteiger partial charge in [0.25, 0.3) is 0 Å². The molecule has 0 aliphatic heterocycles. The molecule has 0 saturated heterocycles. The van der Waals surface area contributed by atoms with Crippen molar-refractivity contribution in [2.24, 2.45) is 11.7 Å². The van der Waals surface area contributed by atoms with Gasteiger partial charge in [-0.05, 0) is 42.9 Å². The number of carbonyl (C=O) groups is 4. The van der Waals surface area contributed by atoms with Crippen LogP contribution in [0.4, 0.5) is 9.59 Å². The first-order valence-electron chi connectivity index (χ1n) is 14.1. The lowest BCUT2D eigenvalue weighted by atomic mass is 9.82. The number of rotatable bonds is 19. The lowest BCUT2D eigenvalue weighted by Crippen LogP contribution is -2.40. The van der Waals surface area contributed by atoms with E-state index in [0.717, 1.165) is 32.1 Å². The monoisotopic (exact) mass is 567 g/mol. The average molecular weight is 568 g/mol. The molecule has 0 spiro atoms. The molecule has 2 unspecified atom stereocenters. The summed E-state index contributed by atoms with van der Waals surface area (Å²) < 4.78 is 26.2. The van der Waals surface area contributed by atoms with E-state index in [1.807, 2.05) is 20.8 Å². The van der Waals surface area contributed by atoms with Gasteiger partial charge in [0.2, 0.25) is 0 Å². The van der Waals surface area contributed by atoms with Crippen molar-refractivity contribution in [3.8, 4) is 11.5 Å². The molecule has 3 N–H and O–H groups in total. The van der Waals surface area contributed by atoms with Crippen LogP contribution in [0.2, 0.25) is 0 Å². The lowest BCUT2D eigenvalue weighted by Gasteiger charge is -2.28. The molecule has 11 heteroatoms. The number of benzene rings is 1. The number of carboxylic acid groups (broad SMARTS) is 1. The zero-order valence-electron chi connectivity index (χ0n) is 24.1. The number of esters is 1. The molecular weight excluding hydrogens is 522 g/mol. The summed E-state index contributed by atoms with van der Waals surface area (Å²) >= 11 is 0. The Bertz CT molecular complexity index is 935. The minimum absolute atomic E-state index is 0.0633. The second-order valence-electron chi connectivity index (χ2n) is 9.68. The fourth-order valence-corrected chi connectivity index (χ4v) is 3.91. The van der Waals surface area contributed by atoms with Gasteiger partial charge in [0, 0.05) is 12.3 Å². The highest BCUT2D eigenvalue weighted by Gasteiger charge is 2.33. The van der Waals surface area contributed by atoms with Crippen LogP contribution in [0.3, 0.4) is 0 Å². The molecule has 0 aromatic heterocycles. The molecule has 1 rings (SSSR count). The third kappa shape index (κ3) is 13.1. The lowest BCUT2D eigenvalue weighted by molar-refractivity contribution is -0.145. The fraction of sp³-hybridized carbons (Fsp3) is 0.655. The van der Waals surface area contributed by atoms with E-state index in [4.69, 9.17) is 29.4 Å². The molecule has 0 bridgehead atoms. The minimum Gasteiger partial charge on any atom is -0.480 e. The summed E-state index contributed by atoms with van der Waals surface area (Å²) in [6, 6.07) is 2.88. The standard InChI is InChI=1S/C29H45NO10/c1-5-8-11-16-36-28(34)39-22-15-14-21(18-23(22)40-29(35)37-17-12-9-6-2)25(26(30)27(32)33)20(4)19-38-24(31)13-10-7-3/h14-15,18,20,25-26H,5-13,16-17,19,30H2,1-4H3,(H,32,33)/t20?,25?,26-/m0/s1. The number of carboxylic acids is 1. The van der Waals surface area contributed by atoms with Crippen LogP contribution in [-0.2, 0) is 23.8 Å². The molecule has 0 aliphatic rings. The van der Waals surface area contributed by atoms with E-state index in [0.29, 0.717) is 24.8 Å². The summed E-state index contributed by atoms with van der Waals surface area (Å²) in [5.74, 6) is -3.28. The molecule has 0 amide bonds. The van der Waals surface area contributed by atoms with E-state index in [2.05, 4.69) is 0 Å². The minimum atomic E-state index is -1.37. The number of nitrogens with two attached hydrogens (primary N) is 1. The van der Waals surface area contributed by atoms with Gasteiger partial charge in [0.05, 0.1) is 19.8 Å². The van der Waals surface area contributed by atoms with Gasteiger partial charge in [0.15, 0.2) is 11.5 Å². The summed E-state index contributed by atoms with van der Waals surface area (Å²) in [6.07, 6.45) is 4.78. The molecule has 1 aromatic carbocycles. The van der Waals surface area contributed by atoms with Crippen molar-refractivity contribution in [3.63, 3.8) is 0 Å². The highest BCUT2D eigenvalue weighted by molar-refractivity contribution is 5.75. The highest BCUT2D eigenvalue weighted by atomic mass is 16.7. The molecule has 0 heterocycles. The number of ether oxygens (including phenoxy) is 5. The largest absolute Gasteiger partial charge is 0.513 e. The van der Waals surface area contributed by atoms with Gasteiger partial charge in [-0.1, -0.05) is 65.9 Å². The molecule has 0 radical (unpaired) electrons. The van der Waals surface area contributed by atoms with Gasteiger partial charge in [-0.25, -0.2) is 9.59 Å². The normalized spacial score (nSPS) is 13.0. The Morgan fingerprint density at radius 1 is 0.800 bits per heavy atom. The van der Waals surface area contributed by atoms with E-state index in [-0.39, 0.29) is 43.7 Å². The molecule has 3 atom stereocenters. The van der Waals surface area contributed by atoms with Crippen molar-refractivity contribution in [2.45, 2.75) is 97.4 Å². The molecule has 11 nitrogen and oxygen atoms in total. The van der Waals surface area contributed by atoms with Crippen LogP contribution >= 0.6 is 0 Å². The topological polar surface area (TPSA) is 161 Å². The Balaban J connectivity index is 3.22. The first-order valence-corrected chi connectivity index (χ1v) is 14.1. The maximum Gasteiger partial charge on any atom is 0.513 e. The Morgan fingerprint density at radius 3 is 1.88 bits per heavy atom. The third-order valence-corrected chi connectivity index (χ3v) is 6.20. The Morgan fingerprint density at radius 2 is 1.35 bits per heavy atom. The average Bonchev–Trinajstić information content (AvgIpc) is 2.92. The second kappa shape index (κ2) is 19.7. The quantitative estimate of drug-likeness (QED) is 0.0877. The maximum absolute atomic E-state index is 12.4. The molecular formula is C29H45NO10. The Hall–Kier alpha value is -3.34. The van der Waals surface area contributed by atoms with E-state index in [1.54, 1.807) is 6.92 Å². The molecule has 40 heavy (non-hydrogen) atoms. The van der Waals surface area contributed by atoms with Crippen molar-refractivity contribution in [2.75, 3.05) is 19.8 Å². The molecule has 226 valence electrons. The van der Waals surface area contributed by atoms with E-state index in [1.165, 1.54) is 18.2 Å². The Labute approximate surface area is 236 Å². The van der Waals surface area contributed by atoms with Crippen LogP contribution < -0.4 is 15.2 Å². The zero-order valence-corrected chi connectivity index (χ0v) is 24.1. The highest BCUT2D eigenvalue weighted by Crippen LogP contribution is 2.36. The predicted octanol–water partition coefficient (Wildman–Crippen LogP) is 5.96. The maximum atomic E-state index is 12.4. The first-order chi connectivity index (χ1) is 19.1. The molecule has 0 aliphatic carbocycles. The van der Waals surface area contributed by atoms with Crippen LogP contribution in [0.15, 0.2) is 18.2 Å². The van der Waals surface area contributed by atoms with Gasteiger partial charge in [-0.3, -0.25) is 9.59 Å². The second-order valence-corrected chi connectivity index (χ2v) is 9.68. The number of hydrogen-bond donors (Lipinski definition) is 2. The van der Waals surface area contributed by atoms with Crippen LogP contribution in [-0.4, -0.2) is 55.2 Å². The number of hydrogen-bond acceptors (Lipinski definition) is 10. The van der Waals surface area contributed by atoms with Crippen molar-refractivity contribution < 1.29 is 48.0 Å². The Kier molecular flexibility index (Phi) is 17.1. The van der Waals surface area contributed by atoms with Gasteiger partial charge in [-0.2, -0.15) is 0 Å². The third-order valence-electron chi connectivity index (χ3n) is 6.20. The van der Waals surface area contributed by atoms with Gasteiger partial charge < -0.3 is 34.5 Å². The smallest absolute Gasteiger partial charge is 0.480 e. The first kappa shape index (κ1) is 34.7. The number of aliphatic carboxylic acids is 1. The van der Waals surface area contributed by atoms with Crippen LogP contribution in [0.5, 0.6) is 11.5 Å². The van der Waals surface area contributed by atoms with Crippen molar-refractivity contribution in [1.82, 2.24) is 0 Å². The fourth-order valence-electron chi connectivity index (χ4n) is 3.91. The van der Waals surface area contributed by atoms with E-state index >= 15 is 0 Å². The van der Waals surface area contributed by atoms with Crippen LogP contribution in [0.25, 0.3) is 0 Å².